The Bertz CT molecular complexity index is 1320. The van der Waals surface area contributed by atoms with Crippen LogP contribution < -0.4 is 0 Å². The molecule has 1 aromatic rings. The number of ketones is 2. The molecular weight excluding hydrogens is 711 g/mol. The molecule has 273 valence electrons. The van der Waals surface area contributed by atoms with Crippen LogP contribution in [-0.4, -0.2) is 114 Å². The van der Waals surface area contributed by atoms with Gasteiger partial charge in [-0.3, -0.25) is 9.59 Å². The molecule has 0 N–H and O–H groups in total. The van der Waals surface area contributed by atoms with Crippen molar-refractivity contribution in [2.45, 2.75) is 123 Å². The van der Waals surface area contributed by atoms with E-state index in [0.29, 0.717) is 12.0 Å². The van der Waals surface area contributed by atoms with Gasteiger partial charge in [-0.1, -0.05) is 20.8 Å². The Morgan fingerprint density at radius 3 is 2.35 bits per heavy atom. The zero-order chi connectivity index (χ0) is 36.1. The molecule has 0 aromatic carbocycles. The SMILES string of the molecule is CC[C@H]1OC(=O)[C-](C)C(=O)[C@H](C)[C@@H](O[C@@H]2O[C@H](C)C[C@H](N(C)C)[C@H]2OC)[C@](C)(OC)C[C@@H](C)C(=O)/C(C)=C/[C@]1(C)OC(=O)n1ccnc1.[Y]. The smallest absolute Gasteiger partial charge is 0.420 e. The first-order chi connectivity index (χ1) is 22.4. The van der Waals surface area contributed by atoms with Gasteiger partial charge in [-0.2, -0.15) is 6.92 Å². The van der Waals surface area contributed by atoms with Crippen LogP contribution in [0.2, 0.25) is 0 Å². The molecule has 0 amide bonds. The van der Waals surface area contributed by atoms with Crippen molar-refractivity contribution in [3.8, 4) is 0 Å². The van der Waals surface area contributed by atoms with E-state index in [9.17, 15) is 19.2 Å². The summed E-state index contributed by atoms with van der Waals surface area (Å²) in [5.41, 5.74) is -2.49. The normalized spacial score (nSPS) is 36.3. The average molecular weight is 766 g/mol. The second-order valence-electron chi connectivity index (χ2n) is 13.8. The molecule has 10 atom stereocenters. The van der Waals surface area contributed by atoms with Gasteiger partial charge in [0, 0.05) is 83.0 Å². The number of carbonyl (C=O) groups excluding carboxylic acids is 4. The van der Waals surface area contributed by atoms with Crippen LogP contribution in [0.25, 0.3) is 0 Å². The number of hydrogen-bond acceptors (Lipinski definition) is 12. The Labute approximate surface area is 316 Å². The summed E-state index contributed by atoms with van der Waals surface area (Å²) in [6.45, 7) is 13.5. The first-order valence-electron chi connectivity index (χ1n) is 16.5. The molecule has 3 rings (SSSR count). The van der Waals surface area contributed by atoms with E-state index in [0.717, 1.165) is 4.57 Å². The van der Waals surface area contributed by atoms with Crippen molar-refractivity contribution >= 4 is 23.6 Å². The standard InChI is InChI=1S/C35H54N3O10.Y/c1-13-26-34(7,48-33(42)38-15-14-36-19-38)17-20(2)27(39)21(3)18-35(8,44-12)30(23(5)28(40)24(6)31(41)46-26)47-32-29(43-11)25(37(9)10)16-22(4)45-32;/h14-15,17,19,21-23,25-26,29-30,32H,13,16,18H2,1-12H3;/q-1;/b20-17+;/t21-,22-,23+,25+,26-,29-,30-,32+,34+,35-;/m1./s1. The zero-order valence-corrected chi connectivity index (χ0v) is 33.9. The molecule has 0 saturated carbocycles. The molecule has 2 aliphatic heterocycles. The van der Waals surface area contributed by atoms with E-state index in [1.165, 1.54) is 38.8 Å². The zero-order valence-electron chi connectivity index (χ0n) is 31.1. The number of methoxy groups -OCH3 is 2. The fraction of sp³-hybridized carbons (Fsp3) is 0.714. The summed E-state index contributed by atoms with van der Waals surface area (Å²) in [5.74, 6) is -3.37. The van der Waals surface area contributed by atoms with Crippen LogP contribution in [0.5, 0.6) is 0 Å². The van der Waals surface area contributed by atoms with Crippen LogP contribution in [0.4, 0.5) is 4.79 Å². The Morgan fingerprint density at radius 1 is 1.16 bits per heavy atom. The van der Waals surface area contributed by atoms with Crippen LogP contribution in [0, 0.1) is 17.8 Å². The monoisotopic (exact) mass is 765 g/mol. The predicted octanol–water partition coefficient (Wildman–Crippen LogP) is 4.17. The van der Waals surface area contributed by atoms with Gasteiger partial charge in [0.15, 0.2) is 23.6 Å². The number of likely N-dealkylation sites (N-methyl/N-ethyl adjacent to an activating group) is 1. The Morgan fingerprint density at radius 2 is 1.82 bits per heavy atom. The molecule has 13 nitrogen and oxygen atoms in total. The van der Waals surface area contributed by atoms with Crippen LogP contribution in [0.1, 0.15) is 74.7 Å². The summed E-state index contributed by atoms with van der Waals surface area (Å²) < 4.78 is 37.9. The Balaban J connectivity index is 0.00000833. The number of ether oxygens (including phenoxy) is 6. The van der Waals surface area contributed by atoms with E-state index < -0.39 is 65.5 Å². The molecule has 49 heavy (non-hydrogen) atoms. The minimum Gasteiger partial charge on any atom is -0.480 e. The van der Waals surface area contributed by atoms with Crippen molar-refractivity contribution in [2.24, 2.45) is 11.8 Å². The molecule has 1 fully saturated rings. The molecule has 0 spiro atoms. The van der Waals surface area contributed by atoms with Crippen molar-refractivity contribution in [2.75, 3.05) is 28.3 Å². The largest absolute Gasteiger partial charge is 0.480 e. The first kappa shape index (κ1) is 43.2. The van der Waals surface area contributed by atoms with E-state index in [-0.39, 0.29) is 69.4 Å². The van der Waals surface area contributed by atoms with E-state index in [2.05, 4.69) is 9.88 Å². The summed E-state index contributed by atoms with van der Waals surface area (Å²) in [7, 11) is 7.00. The van der Waals surface area contributed by atoms with Crippen LogP contribution in [0.15, 0.2) is 30.4 Å². The maximum Gasteiger partial charge on any atom is 0.420 e. The van der Waals surface area contributed by atoms with Crippen molar-refractivity contribution in [1.29, 1.82) is 0 Å². The summed E-state index contributed by atoms with van der Waals surface area (Å²) in [6.07, 6.45) is 2.34. The fourth-order valence-electron chi connectivity index (χ4n) is 6.94. The molecule has 0 unspecified atom stereocenters. The molecule has 1 radical (unpaired) electrons. The number of rotatable bonds is 7. The van der Waals surface area contributed by atoms with Gasteiger partial charge in [-0.25, -0.2) is 20.3 Å². The molecule has 1 aromatic heterocycles. The van der Waals surface area contributed by atoms with E-state index >= 15 is 0 Å². The molecule has 0 bridgehead atoms. The predicted molar refractivity (Wildman–Crippen MR) is 176 cm³/mol. The molecule has 0 aliphatic carbocycles. The number of carbonyl (C=O) groups is 4. The Hall–Kier alpha value is -2.00. The summed E-state index contributed by atoms with van der Waals surface area (Å²) in [6, 6.07) is -0.0400. The number of imidazole rings is 1. The van der Waals surface area contributed by atoms with Gasteiger partial charge in [0.1, 0.15) is 18.5 Å². The van der Waals surface area contributed by atoms with Gasteiger partial charge < -0.3 is 38.1 Å². The van der Waals surface area contributed by atoms with Crippen molar-refractivity contribution in [3.63, 3.8) is 0 Å². The summed E-state index contributed by atoms with van der Waals surface area (Å²) in [5, 5.41) is 0. The quantitative estimate of drug-likeness (QED) is 0.290. The molecule has 2 aliphatic rings. The van der Waals surface area contributed by atoms with Gasteiger partial charge in [0.05, 0.1) is 17.8 Å². The average Bonchev–Trinajstić information content (AvgIpc) is 3.59. The molecule has 3 heterocycles. The maximum atomic E-state index is 14.1. The van der Waals surface area contributed by atoms with Crippen molar-refractivity contribution in [1.82, 2.24) is 14.5 Å². The van der Waals surface area contributed by atoms with Gasteiger partial charge in [0.25, 0.3) is 0 Å². The summed E-state index contributed by atoms with van der Waals surface area (Å²) >= 11 is 0. The minimum atomic E-state index is -1.58. The second kappa shape index (κ2) is 18.0. The van der Waals surface area contributed by atoms with Crippen LogP contribution in [0.3, 0.4) is 0 Å². The van der Waals surface area contributed by atoms with Crippen LogP contribution in [-0.2, 0) is 75.5 Å². The number of cyclic esters (lactones) is 1. The number of aromatic nitrogens is 2. The van der Waals surface area contributed by atoms with Crippen molar-refractivity contribution < 1.29 is 80.3 Å². The number of allylic oxidation sites excluding steroid dienone is 1. The van der Waals surface area contributed by atoms with Gasteiger partial charge in [0.2, 0.25) is 0 Å². The van der Waals surface area contributed by atoms with E-state index in [1.807, 2.05) is 21.0 Å². The molecule has 14 heteroatoms. The number of nitrogens with zero attached hydrogens (tertiary/aromatic N) is 3. The third-order valence-corrected chi connectivity index (χ3v) is 9.75. The number of Topliss-reactive ketones (excluding diaryl/α,β-unsaturated/α-hetero) is 2. The third-order valence-electron chi connectivity index (χ3n) is 9.75. The second-order valence-corrected chi connectivity index (χ2v) is 13.8. The van der Waals surface area contributed by atoms with E-state index in [4.69, 9.17) is 28.4 Å². The first-order valence-corrected chi connectivity index (χ1v) is 16.5. The van der Waals surface area contributed by atoms with Gasteiger partial charge >= 0.3 is 6.09 Å². The number of esters is 1. The Kier molecular flexibility index (Phi) is 15.8. The fourth-order valence-corrected chi connectivity index (χ4v) is 6.94. The van der Waals surface area contributed by atoms with Crippen LogP contribution >= 0.6 is 0 Å². The molecular formula is C35H54N3O10Y-. The maximum absolute atomic E-state index is 14.1. The van der Waals surface area contributed by atoms with Gasteiger partial charge in [-0.05, 0) is 72.7 Å². The summed E-state index contributed by atoms with van der Waals surface area (Å²) in [4.78, 5) is 60.8. The number of hydrogen-bond donors (Lipinski definition) is 0. The molecule has 1 saturated heterocycles. The topological polar surface area (TPSA) is 145 Å². The van der Waals surface area contributed by atoms with Crippen molar-refractivity contribution in [3.05, 3.63) is 36.3 Å². The minimum absolute atomic E-state index is 0. The van der Waals surface area contributed by atoms with Gasteiger partial charge in [-0.15, -0.1) is 0 Å². The van der Waals surface area contributed by atoms with E-state index in [1.54, 1.807) is 48.7 Å². The third kappa shape index (κ3) is 9.87.